The number of nitrogens with zero attached hydrogens (tertiary/aromatic N) is 3. The number of hydrogen-bond donors (Lipinski definition) is 1. The van der Waals surface area contributed by atoms with Gasteiger partial charge < -0.3 is 14.5 Å². The first-order valence-corrected chi connectivity index (χ1v) is 7.78. The van der Waals surface area contributed by atoms with E-state index in [0.717, 1.165) is 12.1 Å². The van der Waals surface area contributed by atoms with Gasteiger partial charge >= 0.3 is 6.18 Å². The first-order chi connectivity index (χ1) is 12.8. The normalized spacial score (nSPS) is 11.4. The van der Waals surface area contributed by atoms with Gasteiger partial charge in [-0.15, -0.1) is 0 Å². The van der Waals surface area contributed by atoms with E-state index < -0.39 is 23.5 Å². The predicted molar refractivity (Wildman–Crippen MR) is 88.9 cm³/mol. The molecule has 0 atom stereocenters. The summed E-state index contributed by atoms with van der Waals surface area (Å²) in [4.78, 5) is 30.6. The van der Waals surface area contributed by atoms with E-state index in [-0.39, 0.29) is 23.7 Å². The second-order valence-corrected chi connectivity index (χ2v) is 5.39. The third-order valence-electron chi connectivity index (χ3n) is 3.51. The van der Waals surface area contributed by atoms with Gasteiger partial charge in [-0.25, -0.2) is 9.97 Å². The van der Waals surface area contributed by atoms with Crippen molar-refractivity contribution in [1.82, 2.24) is 14.4 Å². The minimum Gasteiger partial charge on any atom is -0.491 e. The fraction of sp³-hybridized carbons (Fsp3) is 0.176. The second-order valence-electron chi connectivity index (χ2n) is 5.39. The highest BCUT2D eigenvalue weighted by Gasteiger charge is 2.33. The molecule has 0 radical (unpaired) electrons. The number of halogens is 3. The molecule has 140 valence electrons. The molecule has 7 nitrogen and oxygen atoms in total. The van der Waals surface area contributed by atoms with Gasteiger partial charge in [0, 0.05) is 18.5 Å². The molecule has 1 amide bonds. The van der Waals surface area contributed by atoms with Crippen molar-refractivity contribution in [3.05, 3.63) is 53.7 Å². The minimum atomic E-state index is -4.66. The number of hydrogen-bond acceptors (Lipinski definition) is 5. The van der Waals surface area contributed by atoms with Crippen LogP contribution < -0.4 is 10.1 Å². The van der Waals surface area contributed by atoms with Crippen molar-refractivity contribution in [3.8, 4) is 5.75 Å². The quantitative estimate of drug-likeness (QED) is 0.689. The van der Waals surface area contributed by atoms with Gasteiger partial charge in [0.2, 0.25) is 0 Å². The van der Waals surface area contributed by atoms with Gasteiger partial charge in [-0.2, -0.15) is 13.2 Å². The predicted octanol–water partition coefficient (Wildman–Crippen LogP) is 3.21. The van der Waals surface area contributed by atoms with Crippen molar-refractivity contribution in [2.75, 3.05) is 11.9 Å². The second kappa shape index (κ2) is 7.06. The highest BCUT2D eigenvalue weighted by molar-refractivity contribution is 6.03. The zero-order chi connectivity index (χ0) is 19.6. The van der Waals surface area contributed by atoms with Crippen molar-refractivity contribution in [2.45, 2.75) is 13.1 Å². The van der Waals surface area contributed by atoms with Gasteiger partial charge in [0.05, 0.1) is 6.61 Å². The molecule has 0 fully saturated rings. The van der Waals surface area contributed by atoms with E-state index in [1.54, 1.807) is 6.92 Å². The highest BCUT2D eigenvalue weighted by atomic mass is 19.4. The molecule has 0 aliphatic carbocycles. The summed E-state index contributed by atoms with van der Waals surface area (Å²) < 4.78 is 45.3. The Bertz CT molecular complexity index is 1010. The largest absolute Gasteiger partial charge is 0.491 e. The molecule has 0 aromatic carbocycles. The molecule has 0 aliphatic rings. The maximum Gasteiger partial charge on any atom is 0.433 e. The van der Waals surface area contributed by atoms with Crippen LogP contribution >= 0.6 is 0 Å². The number of anilines is 1. The molecule has 0 saturated heterocycles. The van der Waals surface area contributed by atoms with Gasteiger partial charge in [0.1, 0.15) is 34.2 Å². The van der Waals surface area contributed by atoms with Gasteiger partial charge in [0.25, 0.3) is 5.91 Å². The fourth-order valence-electron chi connectivity index (χ4n) is 2.37. The Morgan fingerprint density at radius 3 is 2.74 bits per heavy atom. The Labute approximate surface area is 150 Å². The molecular formula is C17H13F3N4O3. The summed E-state index contributed by atoms with van der Waals surface area (Å²) in [5, 5.41) is 2.48. The molecule has 0 saturated carbocycles. The van der Waals surface area contributed by atoms with Crippen LogP contribution in [-0.4, -0.2) is 33.2 Å². The van der Waals surface area contributed by atoms with Gasteiger partial charge in [-0.05, 0) is 19.1 Å². The molecule has 0 spiro atoms. The molecule has 0 aliphatic heterocycles. The number of aldehydes is 1. The third-order valence-corrected chi connectivity index (χ3v) is 3.51. The Hall–Kier alpha value is -3.43. The molecule has 3 aromatic heterocycles. The number of alkyl halides is 3. The van der Waals surface area contributed by atoms with E-state index in [1.807, 2.05) is 0 Å². The maximum absolute atomic E-state index is 12.8. The molecule has 3 heterocycles. The van der Waals surface area contributed by atoms with Crippen LogP contribution in [0.25, 0.3) is 5.65 Å². The maximum atomic E-state index is 12.8. The number of carbonyl (C=O) groups is 2. The Balaban J connectivity index is 1.96. The third kappa shape index (κ3) is 3.89. The van der Waals surface area contributed by atoms with Crippen molar-refractivity contribution >= 4 is 23.5 Å². The lowest BCUT2D eigenvalue weighted by atomic mass is 10.2. The monoisotopic (exact) mass is 378 g/mol. The fourth-order valence-corrected chi connectivity index (χ4v) is 2.37. The average molecular weight is 378 g/mol. The zero-order valence-electron chi connectivity index (χ0n) is 13.9. The standard InChI is InChI=1S/C17H13F3N4O3/c1-2-27-13-6-15-21-10(9-25)7-24(15)8-12(13)23-16(26)11-4-3-5-14(22-11)17(18,19)20/h3-9H,2H2,1H3,(H,23,26). The van der Waals surface area contributed by atoms with Crippen LogP contribution in [0, 0.1) is 0 Å². The number of aromatic nitrogens is 3. The van der Waals surface area contributed by atoms with Crippen LogP contribution in [0.3, 0.4) is 0 Å². The SMILES string of the molecule is CCOc1cc2nc(C=O)cn2cc1NC(=O)c1cccc(C(F)(F)F)n1. The molecule has 27 heavy (non-hydrogen) atoms. The topological polar surface area (TPSA) is 85.6 Å². The van der Waals surface area contributed by atoms with Crippen molar-refractivity contribution in [3.63, 3.8) is 0 Å². The average Bonchev–Trinajstić information content (AvgIpc) is 3.03. The van der Waals surface area contributed by atoms with Crippen LogP contribution in [0.1, 0.15) is 33.6 Å². The smallest absolute Gasteiger partial charge is 0.433 e. The summed E-state index contributed by atoms with van der Waals surface area (Å²) >= 11 is 0. The molecule has 3 rings (SSSR count). The van der Waals surface area contributed by atoms with Crippen molar-refractivity contribution in [2.24, 2.45) is 0 Å². The van der Waals surface area contributed by atoms with E-state index >= 15 is 0 Å². The van der Waals surface area contributed by atoms with E-state index in [1.165, 1.54) is 28.9 Å². The van der Waals surface area contributed by atoms with E-state index in [4.69, 9.17) is 4.74 Å². The molecule has 1 N–H and O–H groups in total. The number of amides is 1. The molecule has 0 unspecified atom stereocenters. The summed E-state index contributed by atoms with van der Waals surface area (Å²) in [6.45, 7) is 2.01. The van der Waals surface area contributed by atoms with Gasteiger partial charge in [-0.1, -0.05) is 6.07 Å². The number of ether oxygens (including phenoxy) is 1. The first-order valence-electron chi connectivity index (χ1n) is 7.78. The number of pyridine rings is 2. The van der Waals surface area contributed by atoms with E-state index in [0.29, 0.717) is 11.9 Å². The highest BCUT2D eigenvalue weighted by Crippen LogP contribution is 2.29. The van der Waals surface area contributed by atoms with E-state index in [2.05, 4.69) is 15.3 Å². The zero-order valence-corrected chi connectivity index (χ0v) is 13.9. The van der Waals surface area contributed by atoms with Gasteiger partial charge in [-0.3, -0.25) is 9.59 Å². The summed E-state index contributed by atoms with van der Waals surface area (Å²) in [5.74, 6) is -0.578. The Morgan fingerprint density at radius 1 is 1.30 bits per heavy atom. The number of nitrogens with one attached hydrogen (secondary N) is 1. The lowest BCUT2D eigenvalue weighted by Gasteiger charge is -2.12. The number of rotatable bonds is 5. The molecule has 0 bridgehead atoms. The van der Waals surface area contributed by atoms with Crippen molar-refractivity contribution < 1.29 is 27.5 Å². The van der Waals surface area contributed by atoms with Crippen LogP contribution in [0.15, 0.2) is 36.7 Å². The van der Waals surface area contributed by atoms with Crippen LogP contribution in [0.5, 0.6) is 5.75 Å². The van der Waals surface area contributed by atoms with Crippen LogP contribution in [-0.2, 0) is 6.18 Å². The van der Waals surface area contributed by atoms with Crippen LogP contribution in [0.4, 0.5) is 18.9 Å². The first kappa shape index (κ1) is 18.4. The summed E-state index contributed by atoms with van der Waals surface area (Å²) in [6.07, 6.45) is -1.20. The molecule has 3 aromatic rings. The lowest BCUT2D eigenvalue weighted by Crippen LogP contribution is -2.17. The number of carbonyl (C=O) groups excluding carboxylic acids is 2. The van der Waals surface area contributed by atoms with E-state index in [9.17, 15) is 22.8 Å². The van der Waals surface area contributed by atoms with Crippen LogP contribution in [0.2, 0.25) is 0 Å². The number of fused-ring (bicyclic) bond motifs is 1. The van der Waals surface area contributed by atoms with Crippen molar-refractivity contribution in [1.29, 1.82) is 0 Å². The summed E-state index contributed by atoms with van der Waals surface area (Å²) in [6, 6.07) is 4.56. The summed E-state index contributed by atoms with van der Waals surface area (Å²) in [7, 11) is 0. The minimum absolute atomic E-state index is 0.181. The molecular weight excluding hydrogens is 365 g/mol. The summed E-state index contributed by atoms with van der Waals surface area (Å²) in [5.41, 5.74) is -0.771. The Kier molecular flexibility index (Phi) is 4.80. The molecule has 10 heteroatoms. The lowest BCUT2D eigenvalue weighted by molar-refractivity contribution is -0.141. The van der Waals surface area contributed by atoms with Gasteiger partial charge in [0.15, 0.2) is 6.29 Å². The Morgan fingerprint density at radius 2 is 2.07 bits per heavy atom. The number of imidazole rings is 1.